The van der Waals surface area contributed by atoms with E-state index in [0.29, 0.717) is 29.2 Å². The number of anilines is 3. The van der Waals surface area contributed by atoms with Crippen LogP contribution in [0.1, 0.15) is 11.1 Å². The van der Waals surface area contributed by atoms with Crippen LogP contribution < -0.4 is 16.8 Å². The van der Waals surface area contributed by atoms with Crippen molar-refractivity contribution in [3.8, 4) is 5.69 Å². The maximum atomic E-state index is 12.7. The van der Waals surface area contributed by atoms with Gasteiger partial charge in [0.2, 0.25) is 0 Å². The van der Waals surface area contributed by atoms with E-state index in [0.717, 1.165) is 22.6 Å². The minimum Gasteiger partial charge on any atom is -0.398 e. The lowest BCUT2D eigenvalue weighted by atomic mass is 10.1. The van der Waals surface area contributed by atoms with Gasteiger partial charge in [0, 0.05) is 29.7 Å². The van der Waals surface area contributed by atoms with Gasteiger partial charge in [0.15, 0.2) is 0 Å². The average Bonchev–Trinajstić information content (AvgIpc) is 3.07. The van der Waals surface area contributed by atoms with Crippen LogP contribution in [0.4, 0.5) is 30.2 Å². The second kappa shape index (κ2) is 7.06. The molecule has 0 spiro atoms. The Morgan fingerprint density at radius 3 is 2.48 bits per heavy atom. The minimum atomic E-state index is -4.45. The maximum Gasteiger partial charge on any atom is 0.419 e. The molecule has 27 heavy (non-hydrogen) atoms. The minimum absolute atomic E-state index is 0.281. The highest BCUT2D eigenvalue weighted by Gasteiger charge is 2.32. The number of nitrogens with two attached hydrogens (primary N) is 2. The van der Waals surface area contributed by atoms with Gasteiger partial charge in [0.25, 0.3) is 0 Å². The summed E-state index contributed by atoms with van der Waals surface area (Å²) in [5.74, 6) is 0. The first kappa shape index (κ1) is 18.4. The third-order valence-electron chi connectivity index (χ3n) is 3.96. The third-order valence-corrected chi connectivity index (χ3v) is 3.96. The fourth-order valence-corrected chi connectivity index (χ4v) is 2.62. The van der Waals surface area contributed by atoms with Crippen molar-refractivity contribution in [3.63, 3.8) is 0 Å². The van der Waals surface area contributed by atoms with Gasteiger partial charge in [-0.15, -0.1) is 0 Å². The molecule has 140 valence electrons. The second-order valence-corrected chi connectivity index (χ2v) is 6.05. The summed E-state index contributed by atoms with van der Waals surface area (Å²) in [6.45, 7) is 3.98. The molecule has 1 aromatic heterocycles. The molecule has 0 aliphatic heterocycles. The molecule has 8 heteroatoms. The molecule has 3 aromatic rings. The van der Waals surface area contributed by atoms with E-state index < -0.39 is 11.7 Å². The van der Waals surface area contributed by atoms with Gasteiger partial charge >= 0.3 is 6.18 Å². The molecule has 0 saturated heterocycles. The number of hydrogen-bond acceptors (Lipinski definition) is 4. The predicted octanol–water partition coefficient (Wildman–Crippen LogP) is 4.22. The van der Waals surface area contributed by atoms with Gasteiger partial charge in [-0.05, 0) is 29.8 Å². The van der Waals surface area contributed by atoms with Crippen LogP contribution in [-0.4, -0.2) is 9.78 Å². The van der Waals surface area contributed by atoms with E-state index in [-0.39, 0.29) is 5.69 Å². The summed E-state index contributed by atoms with van der Waals surface area (Å²) in [5.41, 5.74) is 14.7. The third kappa shape index (κ3) is 4.22. The molecule has 0 saturated carbocycles. The first-order valence-electron chi connectivity index (χ1n) is 8.04. The molecule has 0 bridgehead atoms. The summed E-state index contributed by atoms with van der Waals surface area (Å²) in [5, 5.41) is 6.86. The predicted molar refractivity (Wildman–Crippen MR) is 100 cm³/mol. The molecule has 0 aliphatic rings. The molecule has 2 aromatic carbocycles. The largest absolute Gasteiger partial charge is 0.419 e. The standard InChI is InChI=1S/C19H18F3N5/c1-12(8-13-4-2-3-5-16(13)23)26-15-6-7-18(17(24)9-15)27-11-14(10-25-27)19(20,21)22/h2-7,9-11,26H,1,8,23-24H2. The highest BCUT2D eigenvalue weighted by molar-refractivity contribution is 5.66. The van der Waals surface area contributed by atoms with Crippen molar-refractivity contribution in [1.29, 1.82) is 0 Å². The van der Waals surface area contributed by atoms with Crippen molar-refractivity contribution in [2.24, 2.45) is 0 Å². The van der Waals surface area contributed by atoms with E-state index in [1.165, 1.54) is 0 Å². The Kier molecular flexibility index (Phi) is 4.81. The highest BCUT2D eigenvalue weighted by Crippen LogP contribution is 2.30. The Hall–Kier alpha value is -3.42. The molecule has 5 N–H and O–H groups in total. The molecule has 0 amide bonds. The van der Waals surface area contributed by atoms with Crippen molar-refractivity contribution < 1.29 is 13.2 Å². The molecule has 0 unspecified atom stereocenters. The number of nitrogens with zero attached hydrogens (tertiary/aromatic N) is 2. The molecule has 0 fully saturated rings. The fraction of sp³-hybridized carbons (Fsp3) is 0.105. The first-order valence-corrected chi connectivity index (χ1v) is 8.04. The van der Waals surface area contributed by atoms with Crippen molar-refractivity contribution in [1.82, 2.24) is 9.78 Å². The zero-order valence-corrected chi connectivity index (χ0v) is 14.3. The molecule has 3 rings (SSSR count). The number of nitrogens with one attached hydrogen (secondary N) is 1. The number of halogens is 3. The lowest BCUT2D eigenvalue weighted by molar-refractivity contribution is -0.137. The fourth-order valence-electron chi connectivity index (χ4n) is 2.62. The molecule has 0 radical (unpaired) electrons. The molecular formula is C19H18F3N5. The summed E-state index contributed by atoms with van der Waals surface area (Å²) in [6.07, 6.45) is -2.26. The number of benzene rings is 2. The van der Waals surface area contributed by atoms with Gasteiger partial charge in [-0.25, -0.2) is 4.68 Å². The smallest absolute Gasteiger partial charge is 0.398 e. The normalized spacial score (nSPS) is 11.4. The Morgan fingerprint density at radius 1 is 1.11 bits per heavy atom. The van der Waals surface area contributed by atoms with Crippen LogP contribution in [0.15, 0.2) is 67.1 Å². The SMILES string of the molecule is C=C(Cc1ccccc1N)Nc1ccc(-n2cc(C(F)(F)F)cn2)c(N)c1. The van der Waals surface area contributed by atoms with Crippen molar-refractivity contribution in [2.75, 3.05) is 16.8 Å². The van der Waals surface area contributed by atoms with Crippen molar-refractivity contribution in [3.05, 3.63) is 78.3 Å². The number of allylic oxidation sites excluding steroid dienone is 1. The highest BCUT2D eigenvalue weighted by atomic mass is 19.4. The van der Waals surface area contributed by atoms with E-state index in [1.54, 1.807) is 18.2 Å². The number of alkyl halides is 3. The summed E-state index contributed by atoms with van der Waals surface area (Å²) in [4.78, 5) is 0. The lowest BCUT2D eigenvalue weighted by Crippen LogP contribution is -2.06. The Labute approximate surface area is 154 Å². The van der Waals surface area contributed by atoms with Gasteiger partial charge < -0.3 is 16.8 Å². The van der Waals surface area contributed by atoms with E-state index in [1.807, 2.05) is 24.3 Å². The molecule has 0 atom stereocenters. The number of nitrogen functional groups attached to an aromatic ring is 2. The summed E-state index contributed by atoms with van der Waals surface area (Å²) in [6, 6.07) is 12.4. The Morgan fingerprint density at radius 2 is 1.85 bits per heavy atom. The summed E-state index contributed by atoms with van der Waals surface area (Å²) in [7, 11) is 0. The first-order chi connectivity index (χ1) is 12.7. The van der Waals surface area contributed by atoms with Crippen LogP contribution in [0.5, 0.6) is 0 Å². The maximum absolute atomic E-state index is 12.7. The quantitative estimate of drug-likeness (QED) is 0.585. The second-order valence-electron chi connectivity index (χ2n) is 6.05. The summed E-state index contributed by atoms with van der Waals surface area (Å²) >= 11 is 0. The lowest BCUT2D eigenvalue weighted by Gasteiger charge is -2.13. The monoisotopic (exact) mass is 373 g/mol. The van der Waals surface area contributed by atoms with E-state index in [4.69, 9.17) is 11.5 Å². The zero-order valence-electron chi connectivity index (χ0n) is 14.3. The van der Waals surface area contributed by atoms with Gasteiger partial charge in [0.1, 0.15) is 0 Å². The number of rotatable bonds is 5. The van der Waals surface area contributed by atoms with Crippen LogP contribution in [0.3, 0.4) is 0 Å². The van der Waals surface area contributed by atoms with Crippen LogP contribution in [-0.2, 0) is 12.6 Å². The molecule has 1 heterocycles. The summed E-state index contributed by atoms with van der Waals surface area (Å²) < 4.78 is 39.3. The van der Waals surface area contributed by atoms with E-state index in [2.05, 4.69) is 17.0 Å². The van der Waals surface area contributed by atoms with E-state index >= 15 is 0 Å². The van der Waals surface area contributed by atoms with Gasteiger partial charge in [-0.3, -0.25) is 0 Å². The number of para-hydroxylation sites is 1. The average molecular weight is 373 g/mol. The van der Waals surface area contributed by atoms with Gasteiger partial charge in [0.05, 0.1) is 23.1 Å². The van der Waals surface area contributed by atoms with Crippen LogP contribution in [0, 0.1) is 0 Å². The Bertz CT molecular complexity index is 975. The van der Waals surface area contributed by atoms with Gasteiger partial charge in [-0.1, -0.05) is 24.8 Å². The number of aromatic nitrogens is 2. The number of hydrogen-bond donors (Lipinski definition) is 3. The zero-order chi connectivity index (χ0) is 19.6. The van der Waals surface area contributed by atoms with Gasteiger partial charge in [-0.2, -0.15) is 18.3 Å². The molecule has 0 aliphatic carbocycles. The van der Waals surface area contributed by atoms with Crippen molar-refractivity contribution in [2.45, 2.75) is 12.6 Å². The van der Waals surface area contributed by atoms with Crippen molar-refractivity contribution >= 4 is 17.1 Å². The molecular weight excluding hydrogens is 355 g/mol. The van der Waals surface area contributed by atoms with Crippen LogP contribution in [0.2, 0.25) is 0 Å². The van der Waals surface area contributed by atoms with E-state index in [9.17, 15) is 13.2 Å². The van der Waals surface area contributed by atoms with Crippen LogP contribution in [0.25, 0.3) is 5.69 Å². The molecule has 5 nitrogen and oxygen atoms in total. The van der Waals surface area contributed by atoms with Crippen LogP contribution >= 0.6 is 0 Å². The Balaban J connectivity index is 1.74. The topological polar surface area (TPSA) is 81.9 Å².